The molecule has 1 aromatic heterocycles. The summed E-state index contributed by atoms with van der Waals surface area (Å²) in [6.07, 6.45) is -4.62. The Labute approximate surface area is 174 Å². The summed E-state index contributed by atoms with van der Waals surface area (Å²) in [4.78, 5) is 15.0. The van der Waals surface area contributed by atoms with E-state index < -0.39 is 17.3 Å². The first-order valence-electron chi connectivity index (χ1n) is 9.68. The Bertz CT molecular complexity index is 1100. The van der Waals surface area contributed by atoms with Crippen LogP contribution in [0.15, 0.2) is 59.4 Å². The zero-order chi connectivity index (χ0) is 22.1. The van der Waals surface area contributed by atoms with Crippen molar-refractivity contribution < 1.29 is 13.2 Å². The molecule has 0 N–H and O–H groups in total. The molecule has 0 saturated carbocycles. The van der Waals surface area contributed by atoms with Crippen molar-refractivity contribution in [3.05, 3.63) is 92.8 Å². The van der Waals surface area contributed by atoms with Gasteiger partial charge in [0.05, 0.1) is 17.8 Å². The van der Waals surface area contributed by atoms with Crippen LogP contribution in [-0.2, 0) is 19.3 Å². The van der Waals surface area contributed by atoms with E-state index in [9.17, 15) is 18.0 Å². The van der Waals surface area contributed by atoms with E-state index in [1.807, 2.05) is 32.0 Å². The van der Waals surface area contributed by atoms with Gasteiger partial charge >= 0.3 is 6.18 Å². The molecule has 3 aromatic rings. The molecule has 1 heterocycles. The van der Waals surface area contributed by atoms with Crippen LogP contribution >= 0.6 is 0 Å². The second-order valence-electron chi connectivity index (χ2n) is 7.84. The number of aryl methyl sites for hydroxylation is 2. The van der Waals surface area contributed by atoms with Gasteiger partial charge in [-0.1, -0.05) is 54.1 Å². The van der Waals surface area contributed by atoms with Crippen LogP contribution in [0.5, 0.6) is 0 Å². The Balaban J connectivity index is 2.31. The Kier molecular flexibility index (Phi) is 6.17. The number of halogens is 3. The summed E-state index contributed by atoms with van der Waals surface area (Å²) in [5.41, 5.74) is 2.08. The third-order valence-corrected chi connectivity index (χ3v) is 5.08. The molecule has 0 amide bonds. The van der Waals surface area contributed by atoms with Gasteiger partial charge < -0.3 is 9.47 Å². The monoisotopic (exact) mass is 414 g/mol. The lowest BCUT2D eigenvalue weighted by Gasteiger charge is -2.22. The summed E-state index contributed by atoms with van der Waals surface area (Å²) < 4.78 is 43.1. The number of alkyl halides is 3. The number of nitrogens with zero attached hydrogens (tertiary/aromatic N) is 2. The summed E-state index contributed by atoms with van der Waals surface area (Å²) in [5.74, 6) is 0. The molecule has 0 unspecified atom stereocenters. The molecule has 158 valence electrons. The Morgan fingerprint density at radius 1 is 0.967 bits per heavy atom. The van der Waals surface area contributed by atoms with E-state index in [0.29, 0.717) is 5.56 Å². The fraction of sp³-hybridized carbons (Fsp3) is 0.292. The molecule has 0 atom stereocenters. The fourth-order valence-electron chi connectivity index (χ4n) is 3.61. The lowest BCUT2D eigenvalue weighted by atomic mass is 10.0. The van der Waals surface area contributed by atoms with Crippen molar-refractivity contribution in [1.82, 2.24) is 9.47 Å². The van der Waals surface area contributed by atoms with Crippen molar-refractivity contribution in [3.63, 3.8) is 0 Å². The molecule has 0 aliphatic heterocycles. The van der Waals surface area contributed by atoms with Crippen molar-refractivity contribution >= 4 is 0 Å². The van der Waals surface area contributed by atoms with Gasteiger partial charge in [-0.15, -0.1) is 0 Å². The number of aromatic nitrogens is 1. The Morgan fingerprint density at radius 2 is 1.63 bits per heavy atom. The quantitative estimate of drug-likeness (QED) is 0.569. The minimum atomic E-state index is -4.62. The molecule has 0 saturated heterocycles. The van der Waals surface area contributed by atoms with Gasteiger partial charge in [0.15, 0.2) is 0 Å². The van der Waals surface area contributed by atoms with Gasteiger partial charge in [0.25, 0.3) is 5.56 Å². The first-order valence-corrected chi connectivity index (χ1v) is 9.68. The first-order chi connectivity index (χ1) is 14.1. The molecule has 0 aliphatic carbocycles. The minimum Gasteiger partial charge on any atom is -0.305 e. The van der Waals surface area contributed by atoms with Gasteiger partial charge in [0.2, 0.25) is 0 Å². The summed E-state index contributed by atoms with van der Waals surface area (Å²) in [5, 5.41) is 0. The molecule has 30 heavy (non-hydrogen) atoms. The van der Waals surface area contributed by atoms with E-state index in [1.165, 1.54) is 4.57 Å². The highest BCUT2D eigenvalue weighted by molar-refractivity contribution is 5.61. The van der Waals surface area contributed by atoms with E-state index >= 15 is 0 Å². The SMILES string of the molecule is Cc1ccc(Cn2c(-c3ccccc3)cc(C(F)(F)F)c(CN(C)C)c2=O)c(C)c1. The number of pyridine rings is 1. The highest BCUT2D eigenvalue weighted by Gasteiger charge is 2.36. The summed E-state index contributed by atoms with van der Waals surface area (Å²) >= 11 is 0. The van der Waals surface area contributed by atoms with Crippen LogP contribution in [0.1, 0.15) is 27.8 Å². The van der Waals surface area contributed by atoms with Gasteiger partial charge in [-0.25, -0.2) is 0 Å². The minimum absolute atomic E-state index is 0.0877. The predicted molar refractivity (Wildman–Crippen MR) is 114 cm³/mol. The number of hydrogen-bond acceptors (Lipinski definition) is 2. The smallest absolute Gasteiger partial charge is 0.305 e. The number of benzene rings is 2. The average Bonchev–Trinajstić information content (AvgIpc) is 2.66. The molecule has 0 fully saturated rings. The zero-order valence-electron chi connectivity index (χ0n) is 17.5. The molecule has 0 aliphatic rings. The second kappa shape index (κ2) is 8.48. The average molecular weight is 414 g/mol. The second-order valence-corrected chi connectivity index (χ2v) is 7.84. The Morgan fingerprint density at radius 3 is 2.20 bits per heavy atom. The van der Waals surface area contributed by atoms with Crippen molar-refractivity contribution in [2.24, 2.45) is 0 Å². The first kappa shape index (κ1) is 21.8. The molecular formula is C24H25F3N2O. The standard InChI is InChI=1S/C24H25F3N2O/c1-16-10-11-19(17(2)12-16)14-29-22(18-8-6-5-7-9-18)13-21(24(25,26)27)20(23(29)30)15-28(3)4/h5-13H,14-15H2,1-4H3. The van der Waals surface area contributed by atoms with Gasteiger partial charge in [-0.05, 0) is 50.7 Å². The lowest BCUT2D eigenvalue weighted by molar-refractivity contribution is -0.138. The highest BCUT2D eigenvalue weighted by Crippen LogP contribution is 2.34. The maximum atomic E-state index is 13.9. The summed E-state index contributed by atoms with van der Waals surface area (Å²) in [7, 11) is 3.30. The molecule has 0 bridgehead atoms. The Hall–Kier alpha value is -2.86. The van der Waals surface area contributed by atoms with Crippen LogP contribution in [0.3, 0.4) is 0 Å². The molecule has 0 spiro atoms. The van der Waals surface area contributed by atoms with Crippen LogP contribution in [0, 0.1) is 13.8 Å². The number of rotatable bonds is 5. The van der Waals surface area contributed by atoms with Crippen molar-refractivity contribution in [1.29, 1.82) is 0 Å². The third kappa shape index (κ3) is 4.65. The largest absolute Gasteiger partial charge is 0.416 e. The third-order valence-electron chi connectivity index (χ3n) is 5.08. The predicted octanol–water partition coefficient (Wildman–Crippen LogP) is 5.26. The van der Waals surface area contributed by atoms with Crippen molar-refractivity contribution in [2.45, 2.75) is 33.1 Å². The molecule has 0 radical (unpaired) electrons. The zero-order valence-corrected chi connectivity index (χ0v) is 17.5. The number of hydrogen-bond donors (Lipinski definition) is 0. The molecular weight excluding hydrogens is 389 g/mol. The van der Waals surface area contributed by atoms with Gasteiger partial charge in [0, 0.05) is 12.1 Å². The highest BCUT2D eigenvalue weighted by atomic mass is 19.4. The van der Waals surface area contributed by atoms with Gasteiger partial charge in [-0.2, -0.15) is 13.2 Å². The molecule has 6 heteroatoms. The van der Waals surface area contributed by atoms with Crippen molar-refractivity contribution in [2.75, 3.05) is 14.1 Å². The topological polar surface area (TPSA) is 25.2 Å². The maximum Gasteiger partial charge on any atom is 0.416 e. The normalized spacial score (nSPS) is 11.9. The van der Waals surface area contributed by atoms with Crippen molar-refractivity contribution in [3.8, 4) is 11.3 Å². The van der Waals surface area contributed by atoms with Crippen LogP contribution in [-0.4, -0.2) is 23.6 Å². The lowest BCUT2D eigenvalue weighted by Crippen LogP contribution is -2.32. The summed E-state index contributed by atoms with van der Waals surface area (Å²) in [6, 6.07) is 15.7. The van der Waals surface area contributed by atoms with E-state index in [2.05, 4.69) is 0 Å². The van der Waals surface area contributed by atoms with E-state index in [1.54, 1.807) is 49.3 Å². The van der Waals surface area contributed by atoms with E-state index in [4.69, 9.17) is 0 Å². The van der Waals surface area contributed by atoms with E-state index in [-0.39, 0.29) is 24.3 Å². The van der Waals surface area contributed by atoms with Crippen LogP contribution in [0.4, 0.5) is 13.2 Å². The van der Waals surface area contributed by atoms with Gasteiger partial charge in [-0.3, -0.25) is 4.79 Å². The summed E-state index contributed by atoms with van der Waals surface area (Å²) in [6.45, 7) is 4.04. The van der Waals surface area contributed by atoms with Crippen LogP contribution in [0.2, 0.25) is 0 Å². The van der Waals surface area contributed by atoms with Crippen LogP contribution < -0.4 is 5.56 Å². The van der Waals surface area contributed by atoms with Crippen LogP contribution in [0.25, 0.3) is 11.3 Å². The maximum absolute atomic E-state index is 13.9. The molecule has 3 rings (SSSR count). The fourth-order valence-corrected chi connectivity index (χ4v) is 3.61. The van der Waals surface area contributed by atoms with Gasteiger partial charge in [0.1, 0.15) is 0 Å². The van der Waals surface area contributed by atoms with E-state index in [0.717, 1.165) is 22.8 Å². The molecule has 2 aromatic carbocycles. The molecule has 3 nitrogen and oxygen atoms in total.